The Morgan fingerprint density at radius 1 is 0.709 bits per heavy atom. The van der Waals surface area contributed by atoms with Crippen molar-refractivity contribution in [3.8, 4) is 40.2 Å². The van der Waals surface area contributed by atoms with E-state index < -0.39 is 9.84 Å². The van der Waals surface area contributed by atoms with Crippen molar-refractivity contribution in [3.05, 3.63) is 129 Å². The first-order chi connectivity index (χ1) is 26.6. The maximum absolute atomic E-state index is 14.5. The van der Waals surface area contributed by atoms with Gasteiger partial charge >= 0.3 is 0 Å². The molecule has 55 heavy (non-hydrogen) atoms. The average Bonchev–Trinajstić information content (AvgIpc) is 3.17. The summed E-state index contributed by atoms with van der Waals surface area (Å²) in [4.78, 5) is 4.89. The van der Waals surface area contributed by atoms with Gasteiger partial charge in [0.25, 0.3) is 0 Å². The second-order valence-electron chi connectivity index (χ2n) is 14.9. The minimum Gasteiger partial charge on any atom is -0.493 e. The highest BCUT2D eigenvalue weighted by atomic mass is 32.2. The monoisotopic (exact) mass is 760 g/mol. The summed E-state index contributed by atoms with van der Waals surface area (Å²) in [6, 6.07) is 27.2. The molecule has 0 saturated carbocycles. The molecule has 4 heterocycles. The van der Waals surface area contributed by atoms with Crippen LogP contribution in [0.4, 0.5) is 0 Å². The Hall–Kier alpha value is -5.03. The third-order valence-electron chi connectivity index (χ3n) is 11.5. The summed E-state index contributed by atoms with van der Waals surface area (Å²) in [6.45, 7) is 3.80. The summed E-state index contributed by atoms with van der Waals surface area (Å²) in [5.74, 6) is 3.67. The fourth-order valence-electron chi connectivity index (χ4n) is 8.49. The zero-order valence-corrected chi connectivity index (χ0v) is 33.2. The zero-order chi connectivity index (χ0) is 38.4. The minimum atomic E-state index is -3.85. The maximum Gasteiger partial charge on any atom is 0.204 e. The van der Waals surface area contributed by atoms with E-state index in [-0.39, 0.29) is 22.7 Å². The van der Waals surface area contributed by atoms with Gasteiger partial charge in [-0.05, 0) is 116 Å². The highest BCUT2D eigenvalue weighted by molar-refractivity contribution is 7.90. The van der Waals surface area contributed by atoms with Crippen LogP contribution >= 0.6 is 0 Å². The van der Waals surface area contributed by atoms with E-state index >= 15 is 0 Å². The molecule has 0 saturated heterocycles. The Bertz CT molecular complexity index is 2340. The summed E-state index contributed by atoms with van der Waals surface area (Å²) in [6.07, 6.45) is 2.85. The number of benzene rings is 5. The molecular formula is C45H48N2O7S. The topological polar surface area (TPSA) is 86.8 Å². The fraction of sp³-hybridized carbons (Fsp3) is 0.333. The van der Waals surface area contributed by atoms with Crippen LogP contribution in [0.2, 0.25) is 0 Å². The van der Waals surface area contributed by atoms with Crippen molar-refractivity contribution in [2.24, 2.45) is 0 Å². The molecule has 5 aromatic rings. The summed E-state index contributed by atoms with van der Waals surface area (Å²) >= 11 is 0. The Morgan fingerprint density at radius 2 is 1.42 bits per heavy atom. The number of rotatable bonds is 6. The van der Waals surface area contributed by atoms with Gasteiger partial charge in [0.1, 0.15) is 11.5 Å². The van der Waals surface area contributed by atoms with Gasteiger partial charge in [0.2, 0.25) is 5.75 Å². The van der Waals surface area contributed by atoms with E-state index in [1.54, 1.807) is 20.3 Å². The Morgan fingerprint density at radius 3 is 2.13 bits per heavy atom. The van der Waals surface area contributed by atoms with E-state index in [0.29, 0.717) is 52.0 Å². The SMILES string of the molecule is COc1cc(S(=O)(=O)Cc2ccccc2)c2cc1Oc1ccc(cc1)C[C@H]1c3cc(c(C)cc3CCN1C)Oc1c(OC)c(OC)cc3c1[C@H](C2)N(C)CC3. The second kappa shape index (κ2) is 14.9. The molecule has 10 heteroatoms. The molecule has 0 fully saturated rings. The molecule has 9 rings (SSSR count). The summed E-state index contributed by atoms with van der Waals surface area (Å²) in [7, 11) is 5.23. The van der Waals surface area contributed by atoms with E-state index in [0.717, 1.165) is 54.8 Å². The lowest BCUT2D eigenvalue weighted by Crippen LogP contribution is -2.34. The molecule has 286 valence electrons. The van der Waals surface area contributed by atoms with Crippen molar-refractivity contribution >= 4 is 9.84 Å². The van der Waals surface area contributed by atoms with Crippen molar-refractivity contribution in [2.45, 2.75) is 55.3 Å². The molecule has 9 nitrogen and oxygen atoms in total. The third-order valence-corrected chi connectivity index (χ3v) is 13.3. The van der Waals surface area contributed by atoms with Gasteiger partial charge in [-0.25, -0.2) is 8.42 Å². The molecule has 0 N–H and O–H groups in total. The number of aryl methyl sites for hydroxylation is 1. The number of methoxy groups -OCH3 is 3. The van der Waals surface area contributed by atoms with Crippen LogP contribution in [-0.2, 0) is 41.3 Å². The third kappa shape index (κ3) is 7.03. The normalized spacial score (nSPS) is 18.3. The number of hydrogen-bond donors (Lipinski definition) is 0. The molecule has 0 spiro atoms. The Balaban J connectivity index is 1.37. The van der Waals surface area contributed by atoms with Crippen molar-refractivity contribution in [3.63, 3.8) is 0 Å². The van der Waals surface area contributed by atoms with Crippen LogP contribution in [-0.4, -0.2) is 66.7 Å². The molecule has 0 radical (unpaired) electrons. The van der Waals surface area contributed by atoms with Crippen molar-refractivity contribution < 1.29 is 32.1 Å². The lowest BCUT2D eigenvalue weighted by atomic mass is 9.87. The number of nitrogens with zero attached hydrogens (tertiary/aromatic N) is 2. The average molecular weight is 761 g/mol. The van der Waals surface area contributed by atoms with E-state index in [9.17, 15) is 8.42 Å². The molecule has 2 atom stereocenters. The predicted octanol–water partition coefficient (Wildman–Crippen LogP) is 8.44. The summed E-state index contributed by atoms with van der Waals surface area (Å²) in [5, 5.41) is 0. The lowest BCUT2D eigenvalue weighted by Gasteiger charge is -2.37. The molecule has 6 bridgehead atoms. The number of fused-ring (bicyclic) bond motifs is 2. The summed E-state index contributed by atoms with van der Waals surface area (Å²) in [5.41, 5.74) is 8.11. The lowest BCUT2D eigenvalue weighted by molar-refractivity contribution is 0.220. The number of likely N-dealkylation sites (N-methyl/N-ethyl adjacent to an activating group) is 2. The van der Waals surface area contributed by atoms with Crippen LogP contribution in [0.1, 0.15) is 56.6 Å². The van der Waals surface area contributed by atoms with Crippen molar-refractivity contribution in [1.29, 1.82) is 0 Å². The van der Waals surface area contributed by atoms with E-state index in [2.05, 4.69) is 55.1 Å². The van der Waals surface area contributed by atoms with Crippen LogP contribution in [0.25, 0.3) is 0 Å². The van der Waals surface area contributed by atoms with Gasteiger partial charge < -0.3 is 23.7 Å². The molecular weight excluding hydrogens is 713 g/mol. The fourth-order valence-corrected chi connectivity index (χ4v) is 10.1. The largest absolute Gasteiger partial charge is 0.493 e. The molecule has 0 aromatic heterocycles. The maximum atomic E-state index is 14.5. The number of sulfone groups is 1. The van der Waals surface area contributed by atoms with Gasteiger partial charge in [-0.2, -0.15) is 0 Å². The van der Waals surface area contributed by atoms with Gasteiger partial charge in [0, 0.05) is 36.8 Å². The quantitative estimate of drug-likeness (QED) is 0.169. The number of ether oxygens (including phenoxy) is 5. The van der Waals surface area contributed by atoms with Crippen molar-refractivity contribution in [1.82, 2.24) is 9.80 Å². The molecule has 0 aliphatic carbocycles. The van der Waals surface area contributed by atoms with Crippen LogP contribution in [0.3, 0.4) is 0 Å². The smallest absolute Gasteiger partial charge is 0.204 e. The molecule has 0 unspecified atom stereocenters. The molecule has 5 aromatic carbocycles. The predicted molar refractivity (Wildman–Crippen MR) is 213 cm³/mol. The van der Waals surface area contributed by atoms with Crippen LogP contribution < -0.4 is 23.7 Å². The zero-order valence-electron chi connectivity index (χ0n) is 32.3. The van der Waals surface area contributed by atoms with Gasteiger partial charge in [-0.3, -0.25) is 9.80 Å². The highest BCUT2D eigenvalue weighted by Gasteiger charge is 2.36. The van der Waals surface area contributed by atoms with Crippen LogP contribution in [0, 0.1) is 6.92 Å². The molecule has 4 aliphatic rings. The van der Waals surface area contributed by atoms with Crippen LogP contribution in [0.15, 0.2) is 89.8 Å². The van der Waals surface area contributed by atoms with E-state index in [1.807, 2.05) is 54.6 Å². The second-order valence-corrected chi connectivity index (χ2v) is 16.9. The first-order valence-electron chi connectivity index (χ1n) is 18.8. The Kier molecular flexibility index (Phi) is 10.0. The van der Waals surface area contributed by atoms with Gasteiger partial charge in [0.05, 0.1) is 32.0 Å². The van der Waals surface area contributed by atoms with Crippen molar-refractivity contribution in [2.75, 3.05) is 48.5 Å². The number of hydrogen-bond acceptors (Lipinski definition) is 9. The first kappa shape index (κ1) is 36.9. The first-order valence-corrected chi connectivity index (χ1v) is 20.5. The van der Waals surface area contributed by atoms with E-state index in [4.69, 9.17) is 23.7 Å². The van der Waals surface area contributed by atoms with Crippen LogP contribution in [0.5, 0.6) is 40.2 Å². The van der Waals surface area contributed by atoms with E-state index in [1.165, 1.54) is 23.8 Å². The molecule has 4 aliphatic heterocycles. The Labute approximate surface area is 324 Å². The standard InChI is InChI=1S/C45H48N2O7S/c1-28-20-31-16-18-46(2)36-21-29-12-14-34(15-13-29)53-40-24-33(42(26-39(40)50-4)55(48,49)27-30-10-8-7-9-11-30)22-37-43-32(17-19-47(37)3)23-41(51-5)44(52-6)45(43)54-38(28)25-35(31)36/h7-15,20,23-26,36-37H,16-19,21-22,27H2,1-6H3/t36-,37-/m0/s1. The van der Waals surface area contributed by atoms with Gasteiger partial charge in [0.15, 0.2) is 32.8 Å². The minimum absolute atomic E-state index is 0.144. The summed E-state index contributed by atoms with van der Waals surface area (Å²) < 4.78 is 60.5. The highest BCUT2D eigenvalue weighted by Crippen LogP contribution is 2.51. The van der Waals surface area contributed by atoms with Gasteiger partial charge in [-0.1, -0.05) is 48.5 Å². The van der Waals surface area contributed by atoms with Gasteiger partial charge in [-0.15, -0.1) is 0 Å². The molecule has 0 amide bonds.